The maximum Gasteiger partial charge on any atom is 0.387 e. The fourth-order valence-electron chi connectivity index (χ4n) is 3.02. The predicted molar refractivity (Wildman–Crippen MR) is 111 cm³/mol. The Morgan fingerprint density at radius 3 is 2.28 bits per heavy atom. The van der Waals surface area contributed by atoms with Crippen molar-refractivity contribution in [1.29, 1.82) is 0 Å². The van der Waals surface area contributed by atoms with Gasteiger partial charge < -0.3 is 28.4 Å². The van der Waals surface area contributed by atoms with Crippen LogP contribution in [0, 0.1) is 0 Å². The van der Waals surface area contributed by atoms with Crippen molar-refractivity contribution in [2.24, 2.45) is 4.99 Å². The van der Waals surface area contributed by atoms with Gasteiger partial charge >= 0.3 is 12.6 Å². The Balaban J connectivity index is 2.04. The average molecular weight is 449 g/mol. The molecule has 0 radical (unpaired) electrons. The van der Waals surface area contributed by atoms with E-state index in [1.165, 1.54) is 39.5 Å². The van der Waals surface area contributed by atoms with E-state index < -0.39 is 12.6 Å². The molecule has 0 amide bonds. The zero-order valence-electron chi connectivity index (χ0n) is 17.8. The number of ether oxygens (including phenoxy) is 6. The highest BCUT2D eigenvalue weighted by Crippen LogP contribution is 2.39. The SMILES string of the molecule is CCOc1cccc(/C=C2\N=C(c3cc(OC)c(OC)c(OC)c3)OC2=O)c1OC(F)F. The molecule has 2 aromatic carbocycles. The molecule has 32 heavy (non-hydrogen) atoms. The summed E-state index contributed by atoms with van der Waals surface area (Å²) in [6, 6.07) is 7.70. The molecule has 170 valence electrons. The number of benzene rings is 2. The molecule has 0 fully saturated rings. The number of aliphatic imine (C=N–C) groups is 1. The number of carbonyl (C=O) groups excluding carboxylic acids is 1. The molecular weight excluding hydrogens is 428 g/mol. The van der Waals surface area contributed by atoms with Crippen LogP contribution in [0.5, 0.6) is 28.7 Å². The van der Waals surface area contributed by atoms with E-state index in [0.29, 0.717) is 22.8 Å². The summed E-state index contributed by atoms with van der Waals surface area (Å²) in [4.78, 5) is 16.6. The normalized spacial score (nSPS) is 14.3. The van der Waals surface area contributed by atoms with Gasteiger partial charge in [0.05, 0.1) is 27.9 Å². The standard InChI is InChI=1S/C22H21F2NO7/c1-5-30-15-8-6-7-12(18(15)31-22(23)24)9-14-21(26)32-20(25-14)13-10-16(27-2)19(29-4)17(11-13)28-3/h6-11,22H,5H2,1-4H3/b14-9-. The number of nitrogens with zero attached hydrogens (tertiary/aromatic N) is 1. The zero-order chi connectivity index (χ0) is 23.3. The fourth-order valence-corrected chi connectivity index (χ4v) is 3.02. The van der Waals surface area contributed by atoms with Crippen molar-refractivity contribution in [2.45, 2.75) is 13.5 Å². The number of esters is 1. The summed E-state index contributed by atoms with van der Waals surface area (Å²) in [5.74, 6) is 0.172. The molecule has 0 atom stereocenters. The molecule has 0 saturated heterocycles. The van der Waals surface area contributed by atoms with E-state index in [1.807, 2.05) is 0 Å². The van der Waals surface area contributed by atoms with Crippen molar-refractivity contribution < 1.29 is 42.0 Å². The van der Waals surface area contributed by atoms with Crippen LogP contribution in [0.4, 0.5) is 8.78 Å². The maximum atomic E-state index is 12.9. The minimum absolute atomic E-state index is 0.0159. The van der Waals surface area contributed by atoms with Gasteiger partial charge in [-0.15, -0.1) is 0 Å². The van der Waals surface area contributed by atoms with Gasteiger partial charge in [-0.1, -0.05) is 12.1 Å². The summed E-state index contributed by atoms with van der Waals surface area (Å²) >= 11 is 0. The van der Waals surface area contributed by atoms with Crippen LogP contribution in [0.3, 0.4) is 0 Å². The first-order valence-corrected chi connectivity index (χ1v) is 9.45. The lowest BCUT2D eigenvalue weighted by Gasteiger charge is -2.13. The number of alkyl halides is 2. The molecule has 0 saturated carbocycles. The molecule has 0 aromatic heterocycles. The van der Waals surface area contributed by atoms with Gasteiger partial charge in [0.1, 0.15) is 0 Å². The van der Waals surface area contributed by atoms with Crippen LogP contribution in [0.15, 0.2) is 41.0 Å². The zero-order valence-corrected chi connectivity index (χ0v) is 17.8. The molecule has 0 N–H and O–H groups in total. The molecule has 0 unspecified atom stereocenters. The van der Waals surface area contributed by atoms with E-state index in [-0.39, 0.29) is 35.3 Å². The Hall–Kier alpha value is -3.82. The summed E-state index contributed by atoms with van der Waals surface area (Å²) in [5, 5.41) is 0. The van der Waals surface area contributed by atoms with Gasteiger partial charge in [0.2, 0.25) is 11.6 Å². The van der Waals surface area contributed by atoms with Gasteiger partial charge in [0.15, 0.2) is 28.7 Å². The smallest absolute Gasteiger partial charge is 0.387 e. The Morgan fingerprint density at radius 2 is 1.72 bits per heavy atom. The van der Waals surface area contributed by atoms with Crippen LogP contribution in [-0.4, -0.2) is 46.4 Å². The Bertz CT molecular complexity index is 1040. The molecule has 1 aliphatic heterocycles. The average Bonchev–Trinajstić information content (AvgIpc) is 3.14. The van der Waals surface area contributed by atoms with Gasteiger partial charge in [-0.3, -0.25) is 0 Å². The van der Waals surface area contributed by atoms with Crippen molar-refractivity contribution in [2.75, 3.05) is 27.9 Å². The highest BCUT2D eigenvalue weighted by molar-refractivity contribution is 6.13. The number of methoxy groups -OCH3 is 3. The van der Waals surface area contributed by atoms with Gasteiger partial charge in [-0.2, -0.15) is 8.78 Å². The third kappa shape index (κ3) is 4.74. The van der Waals surface area contributed by atoms with Crippen LogP contribution >= 0.6 is 0 Å². The number of carbonyl (C=O) groups is 1. The van der Waals surface area contributed by atoms with Gasteiger partial charge in [-0.05, 0) is 31.2 Å². The molecule has 3 rings (SSSR count). The van der Waals surface area contributed by atoms with Crippen LogP contribution in [0.1, 0.15) is 18.1 Å². The van der Waals surface area contributed by atoms with Crippen LogP contribution in [-0.2, 0) is 9.53 Å². The van der Waals surface area contributed by atoms with E-state index in [1.54, 1.807) is 25.1 Å². The Morgan fingerprint density at radius 1 is 1.03 bits per heavy atom. The minimum atomic E-state index is -3.08. The molecule has 2 aromatic rings. The van der Waals surface area contributed by atoms with E-state index in [2.05, 4.69) is 9.73 Å². The second-order valence-electron chi connectivity index (χ2n) is 6.24. The highest BCUT2D eigenvalue weighted by Gasteiger charge is 2.27. The molecular formula is C22H21F2NO7. The molecule has 1 heterocycles. The maximum absolute atomic E-state index is 12.9. The van der Waals surface area contributed by atoms with E-state index >= 15 is 0 Å². The van der Waals surface area contributed by atoms with Crippen LogP contribution < -0.4 is 23.7 Å². The highest BCUT2D eigenvalue weighted by atomic mass is 19.3. The first-order chi connectivity index (χ1) is 15.4. The monoisotopic (exact) mass is 449 g/mol. The van der Waals surface area contributed by atoms with Gasteiger partial charge in [0, 0.05) is 11.1 Å². The molecule has 0 spiro atoms. The van der Waals surface area contributed by atoms with Gasteiger partial charge in [0.25, 0.3) is 0 Å². The molecule has 0 aliphatic carbocycles. The second-order valence-corrected chi connectivity index (χ2v) is 6.24. The van der Waals surface area contributed by atoms with Crippen LogP contribution in [0.25, 0.3) is 6.08 Å². The minimum Gasteiger partial charge on any atom is -0.493 e. The first kappa shape index (κ1) is 22.9. The number of hydrogen-bond acceptors (Lipinski definition) is 8. The van der Waals surface area contributed by atoms with Crippen molar-refractivity contribution in [1.82, 2.24) is 0 Å². The van der Waals surface area contributed by atoms with Crippen LogP contribution in [0.2, 0.25) is 0 Å². The summed E-state index contributed by atoms with van der Waals surface area (Å²) in [6.45, 7) is -1.13. The number of halogens is 2. The second kappa shape index (κ2) is 9.99. The Kier molecular flexibility index (Phi) is 7.14. The summed E-state index contributed by atoms with van der Waals surface area (Å²) in [5.41, 5.74) is 0.461. The molecule has 1 aliphatic rings. The lowest BCUT2D eigenvalue weighted by molar-refractivity contribution is -0.129. The quantitative estimate of drug-likeness (QED) is 0.422. The predicted octanol–water partition coefficient (Wildman–Crippen LogP) is 4.06. The van der Waals surface area contributed by atoms with Crippen molar-refractivity contribution in [3.05, 3.63) is 47.2 Å². The van der Waals surface area contributed by atoms with E-state index in [9.17, 15) is 13.6 Å². The molecule has 8 nitrogen and oxygen atoms in total. The summed E-state index contributed by atoms with van der Waals surface area (Å²) < 4.78 is 57.0. The molecule has 0 bridgehead atoms. The summed E-state index contributed by atoms with van der Waals surface area (Å²) in [6.07, 6.45) is 1.29. The largest absolute Gasteiger partial charge is 0.493 e. The van der Waals surface area contributed by atoms with E-state index in [4.69, 9.17) is 23.7 Å². The Labute approximate surface area is 183 Å². The van der Waals surface area contributed by atoms with E-state index in [0.717, 1.165) is 0 Å². The summed E-state index contributed by atoms with van der Waals surface area (Å²) in [7, 11) is 4.36. The third-order valence-electron chi connectivity index (χ3n) is 4.34. The third-order valence-corrected chi connectivity index (χ3v) is 4.34. The van der Waals surface area contributed by atoms with Crippen molar-refractivity contribution in [3.8, 4) is 28.7 Å². The van der Waals surface area contributed by atoms with Crippen molar-refractivity contribution in [3.63, 3.8) is 0 Å². The number of hydrogen-bond donors (Lipinski definition) is 0. The lowest BCUT2D eigenvalue weighted by atomic mass is 10.1. The number of para-hydroxylation sites is 1. The lowest BCUT2D eigenvalue weighted by Crippen LogP contribution is -2.07. The molecule has 10 heteroatoms. The first-order valence-electron chi connectivity index (χ1n) is 9.45. The topological polar surface area (TPSA) is 84.8 Å². The van der Waals surface area contributed by atoms with Crippen molar-refractivity contribution >= 4 is 17.9 Å². The number of cyclic esters (lactones) is 1. The van der Waals surface area contributed by atoms with Gasteiger partial charge in [-0.25, -0.2) is 9.79 Å². The number of rotatable bonds is 9. The fraction of sp³-hybridized carbons (Fsp3) is 0.273.